The van der Waals surface area contributed by atoms with Gasteiger partial charge in [-0.3, -0.25) is 14.4 Å². The quantitative estimate of drug-likeness (QED) is 0.768. The number of piperidine rings is 1. The fourth-order valence-electron chi connectivity index (χ4n) is 3.12. The minimum atomic E-state index is -0.616. The Balaban J connectivity index is 1.69. The van der Waals surface area contributed by atoms with E-state index < -0.39 is 5.91 Å². The van der Waals surface area contributed by atoms with Gasteiger partial charge >= 0.3 is 0 Å². The third kappa shape index (κ3) is 5.09. The van der Waals surface area contributed by atoms with E-state index in [4.69, 9.17) is 10.5 Å². The molecule has 1 saturated heterocycles. The average Bonchev–Trinajstić information content (AvgIpc) is 2.68. The van der Waals surface area contributed by atoms with Crippen LogP contribution >= 0.6 is 0 Å². The van der Waals surface area contributed by atoms with Gasteiger partial charge < -0.3 is 20.7 Å². The van der Waals surface area contributed by atoms with Gasteiger partial charge in [-0.1, -0.05) is 24.3 Å². The van der Waals surface area contributed by atoms with Gasteiger partial charge in [0.2, 0.25) is 5.91 Å². The maximum absolute atomic E-state index is 12.7. The molecule has 3 N–H and O–H groups in total. The molecule has 1 fully saturated rings. The lowest BCUT2D eigenvalue weighted by atomic mass is 10.1. The number of hydrogen-bond donors (Lipinski definition) is 2. The van der Waals surface area contributed by atoms with Gasteiger partial charge in [-0.05, 0) is 42.7 Å². The van der Waals surface area contributed by atoms with E-state index >= 15 is 0 Å². The number of benzene rings is 2. The van der Waals surface area contributed by atoms with Crippen LogP contribution < -0.4 is 15.8 Å². The molecule has 0 unspecified atom stereocenters. The van der Waals surface area contributed by atoms with Crippen molar-refractivity contribution >= 4 is 23.4 Å². The highest BCUT2D eigenvalue weighted by molar-refractivity contribution is 6.06. The summed E-state index contributed by atoms with van der Waals surface area (Å²) in [6, 6.07) is 14.1. The van der Waals surface area contributed by atoms with E-state index in [1.165, 1.54) is 0 Å². The lowest BCUT2D eigenvalue weighted by molar-refractivity contribution is -0.133. The van der Waals surface area contributed by atoms with Gasteiger partial charge in [0.1, 0.15) is 5.75 Å². The molecule has 7 nitrogen and oxygen atoms in total. The second kappa shape index (κ2) is 9.03. The zero-order valence-corrected chi connectivity index (χ0v) is 15.5. The lowest BCUT2D eigenvalue weighted by Gasteiger charge is -2.26. The number of hydrogen-bond acceptors (Lipinski definition) is 4. The second-order valence-corrected chi connectivity index (χ2v) is 6.68. The van der Waals surface area contributed by atoms with Crippen LogP contribution in [0.25, 0.3) is 0 Å². The van der Waals surface area contributed by atoms with E-state index in [0.717, 1.165) is 24.9 Å². The summed E-state index contributed by atoms with van der Waals surface area (Å²) in [5.74, 6) is -0.517. The van der Waals surface area contributed by atoms with Crippen molar-refractivity contribution in [1.82, 2.24) is 4.90 Å². The third-order valence-electron chi connectivity index (χ3n) is 4.48. The number of carbonyl (C=O) groups is 3. The first kappa shape index (κ1) is 19.4. The van der Waals surface area contributed by atoms with E-state index in [-0.39, 0.29) is 24.2 Å². The molecule has 28 heavy (non-hydrogen) atoms. The van der Waals surface area contributed by atoms with Gasteiger partial charge in [-0.25, -0.2) is 0 Å². The molecule has 0 radical (unpaired) electrons. The first-order valence-corrected chi connectivity index (χ1v) is 9.21. The molecule has 0 aromatic heterocycles. The Morgan fingerprint density at radius 1 is 1.11 bits per heavy atom. The van der Waals surface area contributed by atoms with Gasteiger partial charge in [0.25, 0.3) is 11.8 Å². The predicted molar refractivity (Wildman–Crippen MR) is 105 cm³/mol. The zero-order chi connectivity index (χ0) is 19.9. The summed E-state index contributed by atoms with van der Waals surface area (Å²) in [7, 11) is 0. The number of anilines is 1. The first-order valence-electron chi connectivity index (χ1n) is 9.21. The lowest BCUT2D eigenvalue weighted by Crippen LogP contribution is -2.34. The number of amides is 3. The normalized spacial score (nSPS) is 13.9. The molecule has 1 aliphatic rings. The minimum absolute atomic E-state index is 0.168. The Morgan fingerprint density at radius 2 is 1.93 bits per heavy atom. The van der Waals surface area contributed by atoms with E-state index in [1.54, 1.807) is 30.3 Å². The molecule has 2 aromatic carbocycles. The van der Waals surface area contributed by atoms with E-state index in [0.29, 0.717) is 24.2 Å². The topological polar surface area (TPSA) is 102 Å². The smallest absolute Gasteiger partial charge is 0.259 e. The Hall–Kier alpha value is -3.35. The van der Waals surface area contributed by atoms with Crippen LogP contribution in [0.4, 0.5) is 5.69 Å². The number of likely N-dealkylation sites (tertiary alicyclic amines) is 1. The molecule has 1 aliphatic heterocycles. The van der Waals surface area contributed by atoms with E-state index in [1.807, 2.05) is 23.1 Å². The highest BCUT2D eigenvalue weighted by atomic mass is 16.5. The zero-order valence-electron chi connectivity index (χ0n) is 15.5. The van der Waals surface area contributed by atoms with Crippen LogP contribution in [-0.4, -0.2) is 35.8 Å². The molecular weight excluding hydrogens is 358 g/mol. The highest BCUT2D eigenvalue weighted by Crippen LogP contribution is 2.21. The maximum atomic E-state index is 12.7. The number of rotatable bonds is 7. The molecule has 0 aliphatic carbocycles. The van der Waals surface area contributed by atoms with Crippen LogP contribution in [-0.2, 0) is 16.1 Å². The molecule has 2 aromatic rings. The summed E-state index contributed by atoms with van der Waals surface area (Å²) in [6.45, 7) is 0.991. The van der Waals surface area contributed by atoms with Gasteiger partial charge in [0, 0.05) is 25.2 Å². The van der Waals surface area contributed by atoms with Gasteiger partial charge in [0.15, 0.2) is 6.61 Å². The monoisotopic (exact) mass is 381 g/mol. The van der Waals surface area contributed by atoms with Crippen LogP contribution in [0.1, 0.15) is 35.2 Å². The maximum Gasteiger partial charge on any atom is 0.259 e. The molecule has 0 atom stereocenters. The van der Waals surface area contributed by atoms with E-state index in [2.05, 4.69) is 5.32 Å². The largest absolute Gasteiger partial charge is 0.483 e. The number of nitrogens with one attached hydrogen (secondary N) is 1. The van der Waals surface area contributed by atoms with Crippen molar-refractivity contribution in [2.75, 3.05) is 18.5 Å². The summed E-state index contributed by atoms with van der Waals surface area (Å²) in [6.07, 6.45) is 2.56. The van der Waals surface area contributed by atoms with Gasteiger partial charge in [0.05, 0.1) is 5.56 Å². The molecule has 7 heteroatoms. The number of para-hydroxylation sites is 1. The molecule has 1 heterocycles. The number of primary amides is 1. The second-order valence-electron chi connectivity index (χ2n) is 6.68. The summed E-state index contributed by atoms with van der Waals surface area (Å²) in [4.78, 5) is 37.4. The minimum Gasteiger partial charge on any atom is -0.483 e. The molecule has 3 rings (SSSR count). The molecular formula is C21H23N3O4. The van der Waals surface area contributed by atoms with Crippen LogP contribution in [0.5, 0.6) is 5.75 Å². The van der Waals surface area contributed by atoms with Crippen molar-refractivity contribution in [2.24, 2.45) is 5.73 Å². The first-order chi connectivity index (χ1) is 13.5. The SMILES string of the molecule is NC(=O)COc1ccccc1C(=O)Nc1cccc(CN2CCCCC2=O)c1. The summed E-state index contributed by atoms with van der Waals surface area (Å²) < 4.78 is 5.31. The molecule has 0 bridgehead atoms. The molecule has 146 valence electrons. The van der Waals surface area contributed by atoms with Crippen molar-refractivity contribution in [1.29, 1.82) is 0 Å². The Bertz CT molecular complexity index is 881. The Kier molecular flexibility index (Phi) is 6.26. The van der Waals surface area contributed by atoms with Crippen LogP contribution in [0, 0.1) is 0 Å². The number of nitrogens with two attached hydrogens (primary N) is 1. The van der Waals surface area contributed by atoms with Gasteiger partial charge in [-0.2, -0.15) is 0 Å². The number of nitrogens with zero attached hydrogens (tertiary/aromatic N) is 1. The number of ether oxygens (including phenoxy) is 1. The van der Waals surface area contributed by atoms with Crippen LogP contribution in [0.3, 0.4) is 0 Å². The van der Waals surface area contributed by atoms with Crippen molar-refractivity contribution in [3.8, 4) is 5.75 Å². The predicted octanol–water partition coefficient (Wildman–Crippen LogP) is 2.32. The standard InChI is InChI=1S/C21H23N3O4/c22-19(25)14-28-18-9-2-1-8-17(18)21(27)23-16-7-5-6-15(12-16)13-24-11-4-3-10-20(24)26/h1-2,5-9,12H,3-4,10-11,13-14H2,(H2,22,25)(H,23,27). The summed E-state index contributed by atoms with van der Waals surface area (Å²) in [5.41, 5.74) is 6.98. The number of carbonyl (C=O) groups excluding carboxylic acids is 3. The highest BCUT2D eigenvalue weighted by Gasteiger charge is 2.18. The fraction of sp³-hybridized carbons (Fsp3) is 0.286. The van der Waals surface area contributed by atoms with Gasteiger partial charge in [-0.15, -0.1) is 0 Å². The summed E-state index contributed by atoms with van der Waals surface area (Å²) >= 11 is 0. The van der Waals surface area contributed by atoms with Crippen LogP contribution in [0.15, 0.2) is 48.5 Å². The average molecular weight is 381 g/mol. The molecule has 0 spiro atoms. The van der Waals surface area contributed by atoms with Crippen molar-refractivity contribution < 1.29 is 19.1 Å². The Labute approximate surface area is 163 Å². The van der Waals surface area contributed by atoms with Crippen molar-refractivity contribution in [3.63, 3.8) is 0 Å². The molecule has 0 saturated carbocycles. The molecule has 3 amide bonds. The third-order valence-corrected chi connectivity index (χ3v) is 4.48. The Morgan fingerprint density at radius 3 is 2.71 bits per heavy atom. The van der Waals surface area contributed by atoms with Crippen molar-refractivity contribution in [2.45, 2.75) is 25.8 Å². The fourth-order valence-corrected chi connectivity index (χ4v) is 3.12. The van der Waals surface area contributed by atoms with Crippen molar-refractivity contribution in [3.05, 3.63) is 59.7 Å². The van der Waals surface area contributed by atoms with E-state index in [9.17, 15) is 14.4 Å². The summed E-state index contributed by atoms with van der Waals surface area (Å²) in [5, 5.41) is 2.84. The van der Waals surface area contributed by atoms with Crippen LogP contribution in [0.2, 0.25) is 0 Å².